The van der Waals surface area contributed by atoms with Crippen LogP contribution in [0.4, 0.5) is 5.69 Å². The van der Waals surface area contributed by atoms with Crippen molar-refractivity contribution in [2.45, 2.75) is 13.5 Å². The van der Waals surface area contributed by atoms with Gasteiger partial charge in [-0.2, -0.15) is 0 Å². The van der Waals surface area contributed by atoms with Gasteiger partial charge in [-0.15, -0.1) is 0 Å². The number of aliphatic carboxylic acids is 1. The molecule has 0 radical (unpaired) electrons. The molecular formula is C18H17ClN2O3. The van der Waals surface area contributed by atoms with Crippen molar-refractivity contribution in [3.63, 3.8) is 0 Å². The smallest absolute Gasteiger partial charge is 0.323 e. The third-order valence-electron chi connectivity index (χ3n) is 4.04. The maximum absolute atomic E-state index is 12.9. The fraction of sp³-hybridized carbons (Fsp3) is 0.222. The normalized spacial score (nSPS) is 11.2. The predicted molar refractivity (Wildman–Crippen MR) is 97.4 cm³/mol. The summed E-state index contributed by atoms with van der Waals surface area (Å²) in [7, 11) is 3.63. The van der Waals surface area contributed by atoms with Crippen LogP contribution in [0.1, 0.15) is 5.56 Å². The largest absolute Gasteiger partial charge is 0.480 e. The van der Waals surface area contributed by atoms with Crippen molar-refractivity contribution in [3.8, 4) is 0 Å². The van der Waals surface area contributed by atoms with Crippen LogP contribution in [0, 0.1) is 6.92 Å². The Morgan fingerprint density at radius 1 is 1.21 bits per heavy atom. The standard InChI is InChI=1S/C18H17ClN2O3/c1-10-4-7-14-12(8-10)18(24)11-5-6-13(19)17(20(2)3)16(11)21(14)9-15(22)23/h4-8H,9H2,1-3H3,(H,22,23). The van der Waals surface area contributed by atoms with Crippen molar-refractivity contribution in [2.24, 2.45) is 0 Å². The monoisotopic (exact) mass is 344 g/mol. The Balaban J connectivity index is 2.64. The van der Waals surface area contributed by atoms with Crippen molar-refractivity contribution in [1.29, 1.82) is 0 Å². The van der Waals surface area contributed by atoms with E-state index >= 15 is 0 Å². The van der Waals surface area contributed by atoms with Gasteiger partial charge in [-0.3, -0.25) is 9.59 Å². The molecule has 2 aromatic carbocycles. The van der Waals surface area contributed by atoms with E-state index < -0.39 is 5.97 Å². The van der Waals surface area contributed by atoms with Crippen molar-refractivity contribution < 1.29 is 9.90 Å². The molecule has 1 N–H and O–H groups in total. The lowest BCUT2D eigenvalue weighted by Crippen LogP contribution is -2.19. The highest BCUT2D eigenvalue weighted by Crippen LogP contribution is 2.34. The fourth-order valence-corrected chi connectivity index (χ4v) is 3.39. The van der Waals surface area contributed by atoms with Gasteiger partial charge < -0.3 is 14.6 Å². The SMILES string of the molecule is Cc1ccc2c(c1)c(=O)c1ccc(Cl)c(N(C)C)c1n2CC(=O)O. The molecule has 1 heterocycles. The molecule has 0 atom stereocenters. The summed E-state index contributed by atoms with van der Waals surface area (Å²) < 4.78 is 1.65. The third kappa shape index (κ3) is 2.51. The van der Waals surface area contributed by atoms with Gasteiger partial charge in [0.25, 0.3) is 0 Å². The van der Waals surface area contributed by atoms with Crippen LogP contribution in [-0.2, 0) is 11.3 Å². The second kappa shape index (κ2) is 5.83. The summed E-state index contributed by atoms with van der Waals surface area (Å²) in [5, 5.41) is 10.8. The number of hydrogen-bond acceptors (Lipinski definition) is 3. The zero-order valence-corrected chi connectivity index (χ0v) is 14.4. The second-order valence-electron chi connectivity index (χ2n) is 6.02. The lowest BCUT2D eigenvalue weighted by atomic mass is 10.1. The van der Waals surface area contributed by atoms with E-state index in [0.29, 0.717) is 32.5 Å². The first-order valence-electron chi connectivity index (χ1n) is 7.45. The Bertz CT molecular complexity index is 1040. The number of fused-ring (bicyclic) bond motifs is 2. The second-order valence-corrected chi connectivity index (χ2v) is 6.42. The zero-order chi connectivity index (χ0) is 17.6. The molecule has 0 saturated carbocycles. The van der Waals surface area contributed by atoms with E-state index in [4.69, 9.17) is 11.6 Å². The number of pyridine rings is 1. The van der Waals surface area contributed by atoms with Gasteiger partial charge in [-0.1, -0.05) is 23.2 Å². The van der Waals surface area contributed by atoms with Crippen LogP contribution in [0.5, 0.6) is 0 Å². The molecule has 0 spiro atoms. The average Bonchev–Trinajstić information content (AvgIpc) is 2.50. The van der Waals surface area contributed by atoms with Crippen LogP contribution in [0.25, 0.3) is 21.8 Å². The summed E-state index contributed by atoms with van der Waals surface area (Å²) in [5.41, 5.74) is 2.59. The third-order valence-corrected chi connectivity index (χ3v) is 4.35. The zero-order valence-electron chi connectivity index (χ0n) is 13.6. The Labute approximate surface area is 143 Å². The summed E-state index contributed by atoms with van der Waals surface area (Å²) >= 11 is 6.33. The number of aryl methyl sites for hydroxylation is 1. The lowest BCUT2D eigenvalue weighted by Gasteiger charge is -2.22. The minimum absolute atomic E-state index is 0.120. The molecule has 3 rings (SSSR count). The Morgan fingerprint density at radius 3 is 2.54 bits per heavy atom. The number of hydrogen-bond donors (Lipinski definition) is 1. The number of aromatic nitrogens is 1. The fourth-order valence-electron chi connectivity index (χ4n) is 3.07. The molecule has 24 heavy (non-hydrogen) atoms. The molecule has 6 heteroatoms. The topological polar surface area (TPSA) is 62.5 Å². The Morgan fingerprint density at radius 2 is 1.92 bits per heavy atom. The molecule has 0 bridgehead atoms. The van der Waals surface area contributed by atoms with Gasteiger partial charge in [0.05, 0.1) is 21.7 Å². The lowest BCUT2D eigenvalue weighted by molar-refractivity contribution is -0.137. The summed E-state index contributed by atoms with van der Waals surface area (Å²) in [6, 6.07) is 8.78. The van der Waals surface area contributed by atoms with Crippen LogP contribution in [0.2, 0.25) is 5.02 Å². The minimum Gasteiger partial charge on any atom is -0.480 e. The molecule has 0 fully saturated rings. The van der Waals surface area contributed by atoms with E-state index in [1.807, 2.05) is 27.1 Å². The molecule has 5 nitrogen and oxygen atoms in total. The summed E-state index contributed by atoms with van der Waals surface area (Å²) in [6.07, 6.45) is 0. The molecular weight excluding hydrogens is 328 g/mol. The molecule has 0 aliphatic rings. The number of benzene rings is 2. The Kier molecular flexibility index (Phi) is 3.97. The van der Waals surface area contributed by atoms with Gasteiger partial charge in [0, 0.05) is 24.9 Å². The molecule has 0 aliphatic heterocycles. The first-order chi connectivity index (χ1) is 11.3. The molecule has 3 aromatic rings. The molecule has 0 saturated heterocycles. The van der Waals surface area contributed by atoms with E-state index in [9.17, 15) is 14.7 Å². The summed E-state index contributed by atoms with van der Waals surface area (Å²) in [6.45, 7) is 1.65. The quantitative estimate of drug-likeness (QED) is 0.741. The average molecular weight is 345 g/mol. The van der Waals surface area contributed by atoms with E-state index in [2.05, 4.69) is 0 Å². The minimum atomic E-state index is -0.980. The van der Waals surface area contributed by atoms with Crippen molar-refractivity contribution in [3.05, 3.63) is 51.1 Å². The number of carbonyl (C=O) groups is 1. The maximum Gasteiger partial charge on any atom is 0.323 e. The van der Waals surface area contributed by atoms with Crippen molar-refractivity contribution in [1.82, 2.24) is 4.57 Å². The van der Waals surface area contributed by atoms with E-state index in [1.165, 1.54) is 0 Å². The number of halogens is 1. The van der Waals surface area contributed by atoms with Gasteiger partial charge in [0.15, 0.2) is 5.43 Å². The van der Waals surface area contributed by atoms with E-state index in [0.717, 1.165) is 5.56 Å². The van der Waals surface area contributed by atoms with Gasteiger partial charge >= 0.3 is 5.97 Å². The number of nitrogens with zero attached hydrogens (tertiary/aromatic N) is 2. The molecule has 1 aromatic heterocycles. The van der Waals surface area contributed by atoms with Crippen LogP contribution in [-0.4, -0.2) is 29.7 Å². The van der Waals surface area contributed by atoms with Crippen molar-refractivity contribution >= 4 is 45.1 Å². The maximum atomic E-state index is 12.9. The van der Waals surface area contributed by atoms with Gasteiger partial charge in [0.2, 0.25) is 0 Å². The highest BCUT2D eigenvalue weighted by molar-refractivity contribution is 6.35. The van der Waals surface area contributed by atoms with Gasteiger partial charge in [-0.05, 0) is 31.2 Å². The van der Waals surface area contributed by atoms with Gasteiger partial charge in [-0.25, -0.2) is 0 Å². The number of anilines is 1. The van der Waals surface area contributed by atoms with E-state index in [-0.39, 0.29) is 12.0 Å². The van der Waals surface area contributed by atoms with Crippen LogP contribution < -0.4 is 10.3 Å². The Hall–Kier alpha value is -2.53. The molecule has 124 valence electrons. The summed E-state index contributed by atoms with van der Waals surface area (Å²) in [4.78, 5) is 26.2. The molecule has 0 amide bonds. The van der Waals surface area contributed by atoms with Crippen LogP contribution >= 0.6 is 11.6 Å². The number of carboxylic acid groups (broad SMARTS) is 1. The molecule has 0 unspecified atom stereocenters. The van der Waals surface area contributed by atoms with Crippen LogP contribution in [0.15, 0.2) is 35.1 Å². The number of carboxylic acids is 1. The molecule has 0 aliphatic carbocycles. The highest BCUT2D eigenvalue weighted by Gasteiger charge is 2.18. The summed E-state index contributed by atoms with van der Waals surface area (Å²) in [5.74, 6) is -0.980. The van der Waals surface area contributed by atoms with Crippen molar-refractivity contribution in [2.75, 3.05) is 19.0 Å². The first kappa shape index (κ1) is 16.3. The van der Waals surface area contributed by atoms with E-state index in [1.54, 1.807) is 33.7 Å². The van der Waals surface area contributed by atoms with Crippen LogP contribution in [0.3, 0.4) is 0 Å². The van der Waals surface area contributed by atoms with Gasteiger partial charge in [0.1, 0.15) is 6.54 Å². The number of rotatable bonds is 3. The first-order valence-corrected chi connectivity index (χ1v) is 7.83. The predicted octanol–water partition coefficient (Wildman–Crippen LogP) is 3.27. The highest BCUT2D eigenvalue weighted by atomic mass is 35.5.